The van der Waals surface area contributed by atoms with Crippen LogP contribution in [0.15, 0.2) is 78.9 Å². The number of amides is 1. The summed E-state index contributed by atoms with van der Waals surface area (Å²) < 4.78 is 0. The first kappa shape index (κ1) is 25.4. The summed E-state index contributed by atoms with van der Waals surface area (Å²) in [6, 6.07) is 23.0. The van der Waals surface area contributed by atoms with E-state index in [-0.39, 0.29) is 12.5 Å². The van der Waals surface area contributed by atoms with Gasteiger partial charge in [-0.25, -0.2) is 5.48 Å². The number of benzene rings is 3. The minimum Gasteiger partial charge on any atom is -0.423 e. The molecule has 0 aliphatic rings. The topological polar surface area (TPSA) is 107 Å². The van der Waals surface area contributed by atoms with Gasteiger partial charge in [0.15, 0.2) is 0 Å². The molecule has 1 heterocycles. The number of nitrogens with one attached hydrogen (secondary N) is 3. The number of fused-ring (bicyclic) bond motifs is 1. The Labute approximate surface area is 210 Å². The van der Waals surface area contributed by atoms with Crippen LogP contribution in [0.1, 0.15) is 27.9 Å². The molecule has 4 rings (SSSR count). The molecule has 0 atom stereocenters. The van der Waals surface area contributed by atoms with Crippen molar-refractivity contribution in [3.05, 3.63) is 107 Å². The number of aryl methyl sites for hydroxylation is 1. The Balaban J connectivity index is 1.17. The van der Waals surface area contributed by atoms with Gasteiger partial charge in [0.2, 0.25) is 0 Å². The fourth-order valence-electron chi connectivity index (χ4n) is 4.03. The Morgan fingerprint density at radius 3 is 2.47 bits per heavy atom. The lowest BCUT2D eigenvalue weighted by Crippen LogP contribution is -2.29. The van der Waals surface area contributed by atoms with Crippen LogP contribution in [0.4, 0.5) is 0 Å². The first-order valence-electron chi connectivity index (χ1n) is 11.9. The Hall–Kier alpha value is -3.69. The zero-order chi connectivity index (χ0) is 25.3. The van der Waals surface area contributed by atoms with Crippen molar-refractivity contribution in [1.82, 2.24) is 15.8 Å². The number of rotatable bonds is 11. The predicted molar refractivity (Wildman–Crippen MR) is 143 cm³/mol. The average Bonchev–Trinajstić information content (AvgIpc) is 3.21. The highest BCUT2D eigenvalue weighted by molar-refractivity contribution is 6.58. The molecular weight excluding hydrogens is 453 g/mol. The van der Waals surface area contributed by atoms with E-state index in [0.29, 0.717) is 5.46 Å². The van der Waals surface area contributed by atoms with E-state index in [2.05, 4.69) is 40.9 Å². The van der Waals surface area contributed by atoms with E-state index in [1.54, 1.807) is 30.3 Å². The van der Waals surface area contributed by atoms with Crippen molar-refractivity contribution >= 4 is 35.5 Å². The number of hydroxylamine groups is 1. The van der Waals surface area contributed by atoms with Gasteiger partial charge in [-0.3, -0.25) is 9.63 Å². The lowest BCUT2D eigenvalue weighted by Gasteiger charge is -2.06. The normalized spacial score (nSPS) is 11.3. The average molecular weight is 483 g/mol. The van der Waals surface area contributed by atoms with Crippen molar-refractivity contribution in [3.63, 3.8) is 0 Å². The number of carbonyl (C=O) groups is 1. The maximum Gasteiger partial charge on any atom is 0.488 e. The van der Waals surface area contributed by atoms with Crippen LogP contribution in [0.25, 0.3) is 17.0 Å². The number of hydrogen-bond acceptors (Lipinski definition) is 5. The quantitative estimate of drug-likeness (QED) is 0.0977. The van der Waals surface area contributed by atoms with Crippen LogP contribution in [-0.2, 0) is 29.2 Å². The number of carbonyl (C=O) groups excluding carboxylic acids is 1. The third-order valence-corrected chi connectivity index (χ3v) is 6.00. The molecular formula is C28H30BN3O4. The van der Waals surface area contributed by atoms with Crippen molar-refractivity contribution in [2.45, 2.75) is 26.5 Å². The highest BCUT2D eigenvalue weighted by Crippen LogP contribution is 2.22. The fourth-order valence-corrected chi connectivity index (χ4v) is 4.03. The van der Waals surface area contributed by atoms with E-state index < -0.39 is 7.12 Å². The third-order valence-electron chi connectivity index (χ3n) is 6.00. The van der Waals surface area contributed by atoms with Gasteiger partial charge in [0.1, 0.15) is 0 Å². The second kappa shape index (κ2) is 12.3. The minimum absolute atomic E-state index is 0.170. The molecule has 7 nitrogen and oxygen atoms in total. The van der Waals surface area contributed by atoms with E-state index in [4.69, 9.17) is 14.9 Å². The Morgan fingerprint density at radius 1 is 1.00 bits per heavy atom. The van der Waals surface area contributed by atoms with Gasteiger partial charge in [-0.15, -0.1) is 0 Å². The number of hydrogen-bond donors (Lipinski definition) is 5. The van der Waals surface area contributed by atoms with Gasteiger partial charge < -0.3 is 20.3 Å². The molecule has 0 aliphatic carbocycles. The largest absolute Gasteiger partial charge is 0.488 e. The Bertz CT molecular complexity index is 1320. The van der Waals surface area contributed by atoms with Crippen molar-refractivity contribution < 1.29 is 19.7 Å². The molecule has 0 saturated carbocycles. The maximum atomic E-state index is 12.0. The zero-order valence-electron chi connectivity index (χ0n) is 20.2. The van der Waals surface area contributed by atoms with Crippen LogP contribution < -0.4 is 16.3 Å². The summed E-state index contributed by atoms with van der Waals surface area (Å²) >= 11 is 0. The molecule has 36 heavy (non-hydrogen) atoms. The van der Waals surface area contributed by atoms with Gasteiger partial charge in [-0.1, -0.05) is 66.7 Å². The van der Waals surface area contributed by atoms with E-state index in [0.717, 1.165) is 30.6 Å². The molecule has 0 bridgehead atoms. The highest BCUT2D eigenvalue weighted by Gasteiger charge is 2.10. The fraction of sp³-hybridized carbons (Fsp3) is 0.179. The van der Waals surface area contributed by atoms with E-state index >= 15 is 0 Å². The molecule has 0 radical (unpaired) electrons. The molecule has 0 saturated heterocycles. The number of para-hydroxylation sites is 1. The first-order chi connectivity index (χ1) is 17.5. The molecule has 8 heteroatoms. The van der Waals surface area contributed by atoms with Crippen molar-refractivity contribution in [2.24, 2.45) is 0 Å². The van der Waals surface area contributed by atoms with Gasteiger partial charge in [0.25, 0.3) is 5.91 Å². The van der Waals surface area contributed by atoms with E-state index in [1.807, 2.05) is 30.3 Å². The van der Waals surface area contributed by atoms with Crippen LogP contribution in [0.3, 0.4) is 0 Å². The summed E-state index contributed by atoms with van der Waals surface area (Å²) in [6.45, 7) is 3.96. The van der Waals surface area contributed by atoms with E-state index in [9.17, 15) is 4.79 Å². The third kappa shape index (κ3) is 6.93. The van der Waals surface area contributed by atoms with Crippen LogP contribution in [0.5, 0.6) is 0 Å². The van der Waals surface area contributed by atoms with Crippen LogP contribution >= 0.6 is 0 Å². The van der Waals surface area contributed by atoms with Crippen molar-refractivity contribution in [2.75, 3.05) is 6.54 Å². The molecule has 0 fully saturated rings. The summed E-state index contributed by atoms with van der Waals surface area (Å²) in [7, 11) is -1.50. The van der Waals surface area contributed by atoms with E-state index in [1.165, 1.54) is 33.8 Å². The number of H-pyrrole nitrogens is 1. The summed E-state index contributed by atoms with van der Waals surface area (Å²) in [5, 5.41) is 23.0. The Morgan fingerprint density at radius 2 is 1.72 bits per heavy atom. The van der Waals surface area contributed by atoms with Crippen LogP contribution in [0.2, 0.25) is 0 Å². The predicted octanol–water partition coefficient (Wildman–Crippen LogP) is 2.75. The molecule has 0 unspecified atom stereocenters. The molecule has 0 aliphatic heterocycles. The van der Waals surface area contributed by atoms with Crippen LogP contribution in [0, 0.1) is 6.92 Å². The number of aromatic nitrogens is 1. The van der Waals surface area contributed by atoms with Gasteiger partial charge in [-0.05, 0) is 59.7 Å². The second-order valence-electron chi connectivity index (χ2n) is 8.65. The molecule has 1 aromatic heterocycles. The summed E-state index contributed by atoms with van der Waals surface area (Å²) in [5.74, 6) is -0.365. The molecule has 184 valence electrons. The van der Waals surface area contributed by atoms with Gasteiger partial charge in [0, 0.05) is 29.2 Å². The monoisotopic (exact) mass is 483 g/mol. The summed E-state index contributed by atoms with van der Waals surface area (Å²) in [6.07, 6.45) is 4.11. The highest BCUT2D eigenvalue weighted by atomic mass is 16.6. The van der Waals surface area contributed by atoms with Crippen LogP contribution in [-0.4, -0.2) is 34.6 Å². The van der Waals surface area contributed by atoms with Crippen molar-refractivity contribution in [3.8, 4) is 0 Å². The van der Waals surface area contributed by atoms with Gasteiger partial charge >= 0.3 is 7.12 Å². The lowest BCUT2D eigenvalue weighted by molar-refractivity contribution is -0.129. The maximum absolute atomic E-state index is 12.0. The minimum atomic E-state index is -1.50. The Kier molecular flexibility index (Phi) is 8.70. The molecule has 5 N–H and O–H groups in total. The van der Waals surface area contributed by atoms with Crippen molar-refractivity contribution in [1.29, 1.82) is 0 Å². The molecule has 0 spiro atoms. The van der Waals surface area contributed by atoms with Gasteiger partial charge in [-0.2, -0.15) is 0 Å². The molecule has 4 aromatic rings. The summed E-state index contributed by atoms with van der Waals surface area (Å²) in [4.78, 5) is 20.7. The number of aromatic amines is 1. The SMILES string of the molecule is Cc1[nH]c2ccccc2c1CCNCc1ccc(C=CC(=O)NOCc2ccc(B(O)O)cc2)cc1. The first-order valence-corrected chi connectivity index (χ1v) is 11.9. The smallest absolute Gasteiger partial charge is 0.423 e. The molecule has 1 amide bonds. The lowest BCUT2D eigenvalue weighted by atomic mass is 9.80. The summed E-state index contributed by atoms with van der Waals surface area (Å²) in [5.41, 5.74) is 9.43. The standard InChI is InChI=1S/C28H30BN3O4/c1-20-25(26-4-2-3-5-27(26)31-20)16-17-30-18-22-8-6-21(7-9-22)12-15-28(33)32-36-19-23-10-13-24(14-11-23)29(34)35/h2-15,30-31,34-35H,16-19H2,1H3,(H,32,33). The second-order valence-corrected chi connectivity index (χ2v) is 8.65. The van der Waals surface area contributed by atoms with Gasteiger partial charge in [0.05, 0.1) is 6.61 Å². The zero-order valence-corrected chi connectivity index (χ0v) is 20.2. The molecule has 3 aromatic carbocycles.